The van der Waals surface area contributed by atoms with Crippen LogP contribution in [-0.2, 0) is 31.6 Å². The molecule has 1 rings (SSSR count). The molecule has 0 aliphatic rings. The maximum atomic E-state index is 12.7. The van der Waals surface area contributed by atoms with Gasteiger partial charge in [-0.1, -0.05) is 0 Å². The largest absolute Gasteiger partial charge is 0.237 e. The van der Waals surface area contributed by atoms with E-state index in [1.807, 2.05) is 0 Å². The Morgan fingerprint density at radius 3 is 2.23 bits per heavy atom. The van der Waals surface area contributed by atoms with Crippen LogP contribution < -0.4 is 0 Å². The van der Waals surface area contributed by atoms with Crippen LogP contribution in [0.4, 0.5) is 8.78 Å². The Bertz CT molecular complexity index is 403. The zero-order valence-corrected chi connectivity index (χ0v) is 9.01. The average Bonchev–Trinajstić information content (AvgIpc) is 1.83. The number of sulfone groups is 1. The molecule has 0 heterocycles. The van der Waals surface area contributed by atoms with Gasteiger partial charge in [-0.05, 0) is 4.90 Å². The summed E-state index contributed by atoms with van der Waals surface area (Å²) in [6, 6.07) is 3.35. The summed E-state index contributed by atoms with van der Waals surface area (Å²) >= 11 is 0. The van der Waals surface area contributed by atoms with Crippen LogP contribution in [-0.4, -0.2) is 14.7 Å². The van der Waals surface area contributed by atoms with Gasteiger partial charge in [-0.2, -0.15) is 0 Å². The number of benzene rings is 1. The average molecular weight is 239 g/mol. The number of rotatable bonds is 1. The Labute approximate surface area is 89.8 Å². The van der Waals surface area contributed by atoms with Crippen molar-refractivity contribution in [3.8, 4) is 0 Å². The monoisotopic (exact) mass is 239 g/mol. The summed E-state index contributed by atoms with van der Waals surface area (Å²) in [6.07, 6.45) is 0.844. The summed E-state index contributed by atoms with van der Waals surface area (Å²) in [6.45, 7) is 0. The molecule has 1 aromatic rings. The van der Waals surface area contributed by atoms with Crippen LogP contribution >= 0.6 is 0 Å². The molecule has 6 heteroatoms. The first-order chi connectivity index (χ1) is 5.41. The first kappa shape index (κ1) is 12.7. The molecule has 0 aliphatic carbocycles. The van der Waals surface area contributed by atoms with Gasteiger partial charge in [-0.15, -0.1) is 18.2 Å². The Hall–Kier alpha value is -0.256. The molecule has 0 amide bonds. The third-order valence-electron chi connectivity index (χ3n) is 1.23. The van der Waals surface area contributed by atoms with Crippen molar-refractivity contribution in [3.05, 3.63) is 29.8 Å². The molecule has 1 aromatic carbocycles. The third-order valence-corrected chi connectivity index (χ3v) is 2.34. The first-order valence-corrected chi connectivity index (χ1v) is 4.88. The minimum absolute atomic E-state index is 0. The van der Waals surface area contributed by atoms with Gasteiger partial charge in [0.2, 0.25) is 0 Å². The fourth-order valence-corrected chi connectivity index (χ4v) is 1.41. The Morgan fingerprint density at radius 2 is 1.85 bits per heavy atom. The van der Waals surface area contributed by atoms with Crippen molar-refractivity contribution in [2.24, 2.45) is 0 Å². The zero-order valence-electron chi connectivity index (χ0n) is 6.64. The van der Waals surface area contributed by atoms with E-state index < -0.39 is 26.4 Å². The van der Waals surface area contributed by atoms with E-state index in [9.17, 15) is 17.2 Å². The zero-order chi connectivity index (χ0) is 9.35. The molecule has 2 nitrogen and oxygen atoms in total. The van der Waals surface area contributed by atoms with Crippen LogP contribution in [0.5, 0.6) is 0 Å². The van der Waals surface area contributed by atoms with E-state index in [2.05, 4.69) is 0 Å². The van der Waals surface area contributed by atoms with Crippen molar-refractivity contribution in [2.45, 2.75) is 4.90 Å². The second-order valence-corrected chi connectivity index (χ2v) is 4.24. The molecule has 0 aliphatic heterocycles. The fourth-order valence-electron chi connectivity index (χ4n) is 0.716. The standard InChI is InChI=1S/C7H5F2O2S.Ti/c1-12(10,11)7-3-2-5(8)4-6(7)9;/h2-3H,1H3;/q-1;. The van der Waals surface area contributed by atoms with Gasteiger partial charge in [0, 0.05) is 39.6 Å². The molecule has 0 bridgehead atoms. The predicted octanol–water partition coefficient (Wildman–Crippen LogP) is 1.17. The molecular formula is C7H5F2O2STi-. The van der Waals surface area contributed by atoms with Gasteiger partial charge in [0.15, 0.2) is 0 Å². The van der Waals surface area contributed by atoms with Crippen LogP contribution in [0.3, 0.4) is 0 Å². The molecule has 0 spiro atoms. The van der Waals surface area contributed by atoms with Gasteiger partial charge in [0.25, 0.3) is 0 Å². The molecule has 0 N–H and O–H groups in total. The van der Waals surface area contributed by atoms with E-state index in [0.29, 0.717) is 0 Å². The van der Waals surface area contributed by atoms with Crippen molar-refractivity contribution in [1.82, 2.24) is 0 Å². The first-order valence-electron chi connectivity index (χ1n) is 2.98. The van der Waals surface area contributed by atoms with E-state index in [1.165, 1.54) is 0 Å². The maximum Gasteiger partial charge on any atom is 0.132 e. The van der Waals surface area contributed by atoms with Crippen molar-refractivity contribution < 1.29 is 38.9 Å². The molecule has 70 valence electrons. The van der Waals surface area contributed by atoms with Gasteiger partial charge in [0.1, 0.15) is 9.84 Å². The molecule has 0 unspecified atom stereocenters. The fraction of sp³-hybridized carbons (Fsp3) is 0.143. The molecule has 0 aromatic heterocycles. The SMILES string of the molecule is CS(=O)(=O)c1ccc(F)[c-]c1F.[Ti]. The van der Waals surface area contributed by atoms with Crippen LogP contribution in [0.2, 0.25) is 0 Å². The second-order valence-electron chi connectivity index (χ2n) is 2.26. The normalized spacial score (nSPS) is 10.7. The van der Waals surface area contributed by atoms with Crippen molar-refractivity contribution in [3.63, 3.8) is 0 Å². The van der Waals surface area contributed by atoms with Gasteiger partial charge in [-0.25, -0.2) is 17.2 Å². The van der Waals surface area contributed by atoms with E-state index >= 15 is 0 Å². The van der Waals surface area contributed by atoms with E-state index in [-0.39, 0.29) is 21.7 Å². The summed E-state index contributed by atoms with van der Waals surface area (Å²) in [5, 5.41) is 0. The van der Waals surface area contributed by atoms with E-state index in [0.717, 1.165) is 18.4 Å². The molecule has 13 heavy (non-hydrogen) atoms. The van der Waals surface area contributed by atoms with Crippen LogP contribution in [0, 0.1) is 17.7 Å². The summed E-state index contributed by atoms with van der Waals surface area (Å²) in [5.74, 6) is -2.10. The molecule has 0 fully saturated rings. The van der Waals surface area contributed by atoms with Crippen molar-refractivity contribution in [1.29, 1.82) is 0 Å². The van der Waals surface area contributed by atoms with Crippen molar-refractivity contribution >= 4 is 9.84 Å². The quantitative estimate of drug-likeness (QED) is 0.418. The van der Waals surface area contributed by atoms with Gasteiger partial charge >= 0.3 is 0 Å². The van der Waals surface area contributed by atoms with Crippen molar-refractivity contribution in [2.75, 3.05) is 6.26 Å². The summed E-state index contributed by atoms with van der Waals surface area (Å²) in [4.78, 5) is -0.538. The van der Waals surface area contributed by atoms with Gasteiger partial charge in [0.05, 0.1) is 0 Å². The second kappa shape index (κ2) is 4.31. The van der Waals surface area contributed by atoms with Crippen LogP contribution in [0.15, 0.2) is 17.0 Å². The Kier molecular flexibility index (Phi) is 4.22. The van der Waals surface area contributed by atoms with Gasteiger partial charge in [-0.3, -0.25) is 0 Å². The van der Waals surface area contributed by atoms with Crippen LogP contribution in [0.1, 0.15) is 0 Å². The Balaban J connectivity index is 0.00000144. The molecule has 0 atom stereocenters. The number of hydrogen-bond acceptors (Lipinski definition) is 2. The molecule has 0 radical (unpaired) electrons. The minimum atomic E-state index is -3.62. The number of halogens is 2. The van der Waals surface area contributed by atoms with Crippen LogP contribution in [0.25, 0.3) is 0 Å². The molecular weight excluding hydrogens is 234 g/mol. The third kappa shape index (κ3) is 3.17. The topological polar surface area (TPSA) is 34.1 Å². The minimum Gasteiger partial charge on any atom is -0.237 e. The van der Waals surface area contributed by atoms with Gasteiger partial charge < -0.3 is 0 Å². The number of hydrogen-bond donors (Lipinski definition) is 0. The summed E-state index contributed by atoms with van der Waals surface area (Å²) in [7, 11) is -3.62. The van der Waals surface area contributed by atoms with E-state index in [1.54, 1.807) is 6.07 Å². The Morgan fingerprint density at radius 1 is 1.31 bits per heavy atom. The van der Waals surface area contributed by atoms with E-state index in [4.69, 9.17) is 0 Å². The molecule has 0 saturated carbocycles. The molecule has 0 saturated heterocycles. The smallest absolute Gasteiger partial charge is 0.132 e. The maximum absolute atomic E-state index is 12.7. The predicted molar refractivity (Wildman–Crippen MR) is 38.3 cm³/mol. The summed E-state index contributed by atoms with van der Waals surface area (Å²) < 4.78 is 46.5. The summed E-state index contributed by atoms with van der Waals surface area (Å²) in [5.41, 5.74) is 0.